The van der Waals surface area contributed by atoms with E-state index in [9.17, 15) is 4.79 Å². The first-order valence-electron chi connectivity index (χ1n) is 8.42. The Kier molecular flexibility index (Phi) is 3.99. The van der Waals surface area contributed by atoms with E-state index in [1.165, 1.54) is 5.56 Å². The van der Waals surface area contributed by atoms with Crippen molar-refractivity contribution in [1.29, 1.82) is 0 Å². The summed E-state index contributed by atoms with van der Waals surface area (Å²) >= 11 is 0. The van der Waals surface area contributed by atoms with E-state index in [-0.39, 0.29) is 11.7 Å². The molecule has 1 heterocycles. The zero-order chi connectivity index (χ0) is 16.4. The van der Waals surface area contributed by atoms with Crippen LogP contribution in [0.5, 0.6) is 0 Å². The van der Waals surface area contributed by atoms with Gasteiger partial charge >= 0.3 is 0 Å². The van der Waals surface area contributed by atoms with Crippen LogP contribution < -0.4 is 0 Å². The first kappa shape index (κ1) is 14.9. The number of ketones is 1. The average molecular weight is 317 g/mol. The van der Waals surface area contributed by atoms with E-state index >= 15 is 0 Å². The Morgan fingerprint density at radius 1 is 0.958 bits per heavy atom. The van der Waals surface area contributed by atoms with Crippen LogP contribution >= 0.6 is 0 Å². The number of aromatic nitrogens is 1. The normalized spacial score (nSPS) is 20.2. The van der Waals surface area contributed by atoms with Crippen LogP contribution in [-0.4, -0.2) is 10.9 Å². The summed E-state index contributed by atoms with van der Waals surface area (Å²) in [7, 11) is 0. The predicted molar refractivity (Wildman–Crippen MR) is 92.8 cm³/mol. The van der Waals surface area contributed by atoms with Crippen LogP contribution in [-0.2, 0) is 0 Å². The molecule has 3 aromatic rings. The van der Waals surface area contributed by atoms with Crippen molar-refractivity contribution in [2.24, 2.45) is 5.92 Å². The molecule has 2 unspecified atom stereocenters. The van der Waals surface area contributed by atoms with Crippen LogP contribution in [0, 0.1) is 5.92 Å². The third-order valence-electron chi connectivity index (χ3n) is 4.95. The molecule has 2 aromatic carbocycles. The van der Waals surface area contributed by atoms with E-state index < -0.39 is 0 Å². The van der Waals surface area contributed by atoms with Crippen LogP contribution in [0.1, 0.15) is 41.1 Å². The molecule has 0 bridgehead atoms. The Balaban J connectivity index is 1.55. The van der Waals surface area contributed by atoms with Gasteiger partial charge in [-0.05, 0) is 30.7 Å². The van der Waals surface area contributed by atoms with Gasteiger partial charge in [0.1, 0.15) is 0 Å². The molecule has 0 spiro atoms. The molecule has 4 rings (SSSR count). The second-order valence-electron chi connectivity index (χ2n) is 6.42. The topological polar surface area (TPSA) is 43.1 Å². The fourth-order valence-corrected chi connectivity index (χ4v) is 3.68. The largest absolute Gasteiger partial charge is 0.356 e. The molecule has 3 heteroatoms. The molecule has 1 aliphatic carbocycles. The van der Waals surface area contributed by atoms with Gasteiger partial charge in [-0.25, -0.2) is 0 Å². The first-order valence-corrected chi connectivity index (χ1v) is 8.42. The van der Waals surface area contributed by atoms with Gasteiger partial charge in [0.25, 0.3) is 0 Å². The second-order valence-corrected chi connectivity index (χ2v) is 6.42. The van der Waals surface area contributed by atoms with E-state index in [1.54, 1.807) is 6.20 Å². The van der Waals surface area contributed by atoms with Gasteiger partial charge in [0.05, 0.1) is 11.8 Å². The predicted octanol–water partition coefficient (Wildman–Crippen LogP) is 5.11. The molecule has 1 aliphatic rings. The molecule has 3 nitrogen and oxygen atoms in total. The minimum absolute atomic E-state index is 0.0528. The van der Waals surface area contributed by atoms with Crippen molar-refractivity contribution in [2.75, 3.05) is 0 Å². The highest BCUT2D eigenvalue weighted by atomic mass is 16.5. The summed E-state index contributed by atoms with van der Waals surface area (Å²) in [5, 5.41) is 3.87. The van der Waals surface area contributed by atoms with Crippen molar-refractivity contribution in [3.8, 4) is 11.3 Å². The molecular formula is C21H19NO2. The molecule has 1 fully saturated rings. The third-order valence-corrected chi connectivity index (χ3v) is 4.95. The zero-order valence-corrected chi connectivity index (χ0v) is 13.4. The fourth-order valence-electron chi connectivity index (χ4n) is 3.68. The average Bonchev–Trinajstić information content (AvgIpc) is 3.32. The van der Waals surface area contributed by atoms with Gasteiger partial charge in [0.2, 0.25) is 0 Å². The summed E-state index contributed by atoms with van der Waals surface area (Å²) in [6.07, 6.45) is 4.47. The maximum atomic E-state index is 13.0. The molecule has 0 radical (unpaired) electrons. The summed E-state index contributed by atoms with van der Waals surface area (Å²) in [5.41, 5.74) is 2.84. The highest BCUT2D eigenvalue weighted by molar-refractivity contribution is 6.02. The molecule has 120 valence electrons. The van der Waals surface area contributed by atoms with Crippen LogP contribution in [0.2, 0.25) is 0 Å². The molecule has 0 saturated heterocycles. The molecule has 1 aromatic heterocycles. The van der Waals surface area contributed by atoms with Gasteiger partial charge in [0, 0.05) is 11.5 Å². The maximum Gasteiger partial charge on any atom is 0.177 e. The van der Waals surface area contributed by atoms with E-state index in [4.69, 9.17) is 4.52 Å². The number of nitrogens with zero attached hydrogens (tertiary/aromatic N) is 1. The van der Waals surface area contributed by atoms with E-state index in [1.807, 2.05) is 36.4 Å². The monoisotopic (exact) mass is 317 g/mol. The summed E-state index contributed by atoms with van der Waals surface area (Å²) < 4.78 is 5.37. The van der Waals surface area contributed by atoms with Crippen LogP contribution in [0.4, 0.5) is 0 Å². The van der Waals surface area contributed by atoms with Gasteiger partial charge in [0.15, 0.2) is 11.5 Å². The highest BCUT2D eigenvalue weighted by Crippen LogP contribution is 2.40. The molecule has 2 atom stereocenters. The highest BCUT2D eigenvalue weighted by Gasteiger charge is 2.33. The van der Waals surface area contributed by atoms with Gasteiger partial charge in [-0.1, -0.05) is 65.8 Å². The standard InChI is InChI=1S/C21H19NO2/c23-20(18-12-11-17(13-18)15-7-3-1-4-8-15)19-14-22-24-21(19)16-9-5-2-6-10-16/h1-10,14,17-18H,11-13H2. The lowest BCUT2D eigenvalue weighted by Crippen LogP contribution is -2.11. The minimum atomic E-state index is 0.0528. The van der Waals surface area contributed by atoms with E-state index in [0.717, 1.165) is 24.8 Å². The molecule has 0 N–H and O–H groups in total. The quantitative estimate of drug-likeness (QED) is 0.628. The summed E-state index contributed by atoms with van der Waals surface area (Å²) in [4.78, 5) is 13.0. The Hall–Kier alpha value is -2.68. The Morgan fingerprint density at radius 2 is 1.67 bits per heavy atom. The lowest BCUT2D eigenvalue weighted by atomic mass is 9.92. The number of hydrogen-bond donors (Lipinski definition) is 0. The first-order chi connectivity index (χ1) is 11.8. The summed E-state index contributed by atoms with van der Waals surface area (Å²) in [5.74, 6) is 1.27. The van der Waals surface area contributed by atoms with Crippen molar-refractivity contribution in [3.63, 3.8) is 0 Å². The molecular weight excluding hydrogens is 298 g/mol. The number of rotatable bonds is 4. The fraction of sp³-hybridized carbons (Fsp3) is 0.238. The van der Waals surface area contributed by atoms with Crippen molar-refractivity contribution in [3.05, 3.63) is 78.0 Å². The third kappa shape index (κ3) is 2.78. The molecule has 1 saturated carbocycles. The van der Waals surface area contributed by atoms with Gasteiger partial charge in [-0.2, -0.15) is 0 Å². The number of carbonyl (C=O) groups is 1. The van der Waals surface area contributed by atoms with Crippen molar-refractivity contribution in [1.82, 2.24) is 5.16 Å². The van der Waals surface area contributed by atoms with E-state index in [2.05, 4.69) is 29.4 Å². The van der Waals surface area contributed by atoms with Crippen LogP contribution in [0.3, 0.4) is 0 Å². The molecule has 24 heavy (non-hydrogen) atoms. The second kappa shape index (κ2) is 6.44. The smallest absolute Gasteiger partial charge is 0.177 e. The Bertz CT molecular complexity index is 823. The van der Waals surface area contributed by atoms with Crippen LogP contribution in [0.25, 0.3) is 11.3 Å². The zero-order valence-electron chi connectivity index (χ0n) is 13.4. The molecule has 0 aliphatic heterocycles. The minimum Gasteiger partial charge on any atom is -0.356 e. The van der Waals surface area contributed by atoms with Crippen molar-refractivity contribution < 1.29 is 9.32 Å². The summed E-state index contributed by atoms with van der Waals surface area (Å²) in [6, 6.07) is 20.2. The van der Waals surface area contributed by atoms with Gasteiger partial charge < -0.3 is 4.52 Å². The number of hydrogen-bond acceptors (Lipinski definition) is 3. The lowest BCUT2D eigenvalue weighted by molar-refractivity contribution is 0.0922. The van der Waals surface area contributed by atoms with Crippen LogP contribution in [0.15, 0.2) is 71.4 Å². The SMILES string of the molecule is O=C(c1cnoc1-c1ccccc1)C1CCC(c2ccccc2)C1. The van der Waals surface area contributed by atoms with Gasteiger partial charge in [-0.3, -0.25) is 4.79 Å². The molecule has 0 amide bonds. The Morgan fingerprint density at radius 3 is 2.42 bits per heavy atom. The van der Waals surface area contributed by atoms with Crippen molar-refractivity contribution >= 4 is 5.78 Å². The van der Waals surface area contributed by atoms with E-state index in [0.29, 0.717) is 17.2 Å². The lowest BCUT2D eigenvalue weighted by Gasteiger charge is -2.11. The van der Waals surface area contributed by atoms with Gasteiger partial charge in [-0.15, -0.1) is 0 Å². The number of benzene rings is 2. The summed E-state index contributed by atoms with van der Waals surface area (Å²) in [6.45, 7) is 0. The maximum absolute atomic E-state index is 13.0. The number of carbonyl (C=O) groups excluding carboxylic acids is 1. The Labute approximate surface area is 141 Å². The number of Topliss-reactive ketones (excluding diaryl/α,β-unsaturated/α-hetero) is 1. The van der Waals surface area contributed by atoms with Crippen molar-refractivity contribution in [2.45, 2.75) is 25.2 Å².